The number of carbonyl (C=O) groups excluding carboxylic acids is 1. The summed E-state index contributed by atoms with van der Waals surface area (Å²) in [7, 11) is 0. The molecule has 1 fully saturated rings. The van der Waals surface area contributed by atoms with Gasteiger partial charge in [0.15, 0.2) is 5.78 Å². The first kappa shape index (κ1) is 9.72. The third-order valence-corrected chi connectivity index (χ3v) is 2.75. The topological polar surface area (TPSA) is 43.1 Å². The number of hydrogen-bond donors (Lipinski definition) is 1. The standard InChI is InChI=1S/C10H19NO/c1-5-7-6-10(7,11)8(12)9(2,3)4/h7H,5-6,11H2,1-4H3/t7-,10-/m1/s1. The molecule has 0 aromatic heterocycles. The highest BCUT2D eigenvalue weighted by molar-refractivity contribution is 5.95. The fourth-order valence-corrected chi connectivity index (χ4v) is 1.83. The third kappa shape index (κ3) is 1.40. The van der Waals surface area contributed by atoms with Gasteiger partial charge in [-0.15, -0.1) is 0 Å². The molecule has 0 unspecified atom stereocenters. The van der Waals surface area contributed by atoms with Crippen LogP contribution >= 0.6 is 0 Å². The molecule has 1 aliphatic carbocycles. The van der Waals surface area contributed by atoms with Crippen LogP contribution in [0.5, 0.6) is 0 Å². The summed E-state index contributed by atoms with van der Waals surface area (Å²) in [6, 6.07) is 0. The third-order valence-electron chi connectivity index (χ3n) is 2.75. The molecule has 2 heteroatoms. The molecule has 0 aromatic rings. The molecular weight excluding hydrogens is 150 g/mol. The summed E-state index contributed by atoms with van der Waals surface area (Å²) in [4.78, 5) is 11.8. The van der Waals surface area contributed by atoms with Crippen LogP contribution in [0.2, 0.25) is 0 Å². The summed E-state index contributed by atoms with van der Waals surface area (Å²) in [6.45, 7) is 7.91. The summed E-state index contributed by atoms with van der Waals surface area (Å²) >= 11 is 0. The van der Waals surface area contributed by atoms with Gasteiger partial charge in [-0.2, -0.15) is 0 Å². The van der Waals surface area contributed by atoms with E-state index in [9.17, 15) is 4.79 Å². The zero-order valence-corrected chi connectivity index (χ0v) is 8.48. The van der Waals surface area contributed by atoms with Gasteiger partial charge in [0.25, 0.3) is 0 Å². The van der Waals surface area contributed by atoms with Crippen molar-refractivity contribution >= 4 is 5.78 Å². The Hall–Kier alpha value is -0.370. The smallest absolute Gasteiger partial charge is 0.158 e. The molecule has 70 valence electrons. The number of carbonyl (C=O) groups is 1. The Balaban J connectivity index is 2.68. The molecule has 0 radical (unpaired) electrons. The average Bonchev–Trinajstić information content (AvgIpc) is 2.60. The monoisotopic (exact) mass is 169 g/mol. The Labute approximate surface area is 74.5 Å². The number of ketones is 1. The maximum atomic E-state index is 11.8. The van der Waals surface area contributed by atoms with Crippen LogP contribution in [0.25, 0.3) is 0 Å². The van der Waals surface area contributed by atoms with Crippen molar-refractivity contribution in [3.63, 3.8) is 0 Å². The number of Topliss-reactive ketones (excluding diaryl/α,β-unsaturated/α-hetero) is 1. The van der Waals surface area contributed by atoms with Crippen LogP contribution in [0.15, 0.2) is 0 Å². The molecule has 0 amide bonds. The van der Waals surface area contributed by atoms with Gasteiger partial charge in [-0.3, -0.25) is 4.79 Å². The minimum atomic E-state index is -0.479. The second kappa shape index (κ2) is 2.56. The zero-order valence-electron chi connectivity index (χ0n) is 8.48. The van der Waals surface area contributed by atoms with Gasteiger partial charge >= 0.3 is 0 Å². The van der Waals surface area contributed by atoms with E-state index in [1.54, 1.807) is 0 Å². The Kier molecular flexibility index (Phi) is 2.07. The molecule has 1 saturated carbocycles. The Morgan fingerprint density at radius 3 is 2.33 bits per heavy atom. The molecular formula is C10H19NO. The number of hydrogen-bond acceptors (Lipinski definition) is 2. The first-order valence-corrected chi connectivity index (χ1v) is 4.66. The molecule has 2 N–H and O–H groups in total. The Bertz CT molecular complexity index is 204. The van der Waals surface area contributed by atoms with Gasteiger partial charge in [0.1, 0.15) is 0 Å². The van der Waals surface area contributed by atoms with Crippen molar-refractivity contribution in [3.05, 3.63) is 0 Å². The van der Waals surface area contributed by atoms with Crippen LogP contribution in [0, 0.1) is 11.3 Å². The molecule has 0 saturated heterocycles. The first-order chi connectivity index (χ1) is 5.32. The van der Waals surface area contributed by atoms with E-state index in [-0.39, 0.29) is 11.2 Å². The molecule has 0 aromatic carbocycles. The Morgan fingerprint density at radius 1 is 1.58 bits per heavy atom. The van der Waals surface area contributed by atoms with Crippen molar-refractivity contribution in [1.29, 1.82) is 0 Å². The normalized spacial score (nSPS) is 34.9. The molecule has 1 aliphatic rings. The van der Waals surface area contributed by atoms with Gasteiger partial charge < -0.3 is 5.73 Å². The second-order valence-electron chi connectivity index (χ2n) is 4.93. The molecule has 0 bridgehead atoms. The average molecular weight is 169 g/mol. The van der Waals surface area contributed by atoms with Gasteiger partial charge in [0.05, 0.1) is 5.54 Å². The van der Waals surface area contributed by atoms with E-state index >= 15 is 0 Å². The van der Waals surface area contributed by atoms with Gasteiger partial charge in [-0.1, -0.05) is 34.1 Å². The lowest BCUT2D eigenvalue weighted by molar-refractivity contribution is -0.129. The summed E-state index contributed by atoms with van der Waals surface area (Å²) in [5.74, 6) is 0.658. The maximum Gasteiger partial charge on any atom is 0.158 e. The Morgan fingerprint density at radius 2 is 2.08 bits per heavy atom. The minimum absolute atomic E-state index is 0.224. The molecule has 2 nitrogen and oxygen atoms in total. The highest BCUT2D eigenvalue weighted by Crippen LogP contribution is 2.47. The second-order valence-corrected chi connectivity index (χ2v) is 4.93. The van der Waals surface area contributed by atoms with Crippen molar-refractivity contribution in [2.24, 2.45) is 17.1 Å². The van der Waals surface area contributed by atoms with E-state index in [4.69, 9.17) is 5.73 Å². The fraction of sp³-hybridized carbons (Fsp3) is 0.900. The quantitative estimate of drug-likeness (QED) is 0.684. The van der Waals surface area contributed by atoms with E-state index in [1.165, 1.54) is 0 Å². The fourth-order valence-electron chi connectivity index (χ4n) is 1.83. The molecule has 0 spiro atoms. The lowest BCUT2D eigenvalue weighted by Crippen LogP contribution is -2.42. The highest BCUT2D eigenvalue weighted by Gasteiger charge is 2.57. The summed E-state index contributed by atoms with van der Waals surface area (Å²) in [6.07, 6.45) is 1.91. The summed E-state index contributed by atoms with van der Waals surface area (Å²) in [5, 5.41) is 0. The largest absolute Gasteiger partial charge is 0.319 e. The van der Waals surface area contributed by atoms with Crippen LogP contribution in [0.1, 0.15) is 40.5 Å². The SMILES string of the molecule is CC[C@@H]1C[C@]1(N)C(=O)C(C)(C)C. The van der Waals surface area contributed by atoms with Crippen molar-refractivity contribution in [2.45, 2.75) is 46.1 Å². The first-order valence-electron chi connectivity index (χ1n) is 4.66. The molecule has 0 aliphatic heterocycles. The van der Waals surface area contributed by atoms with Crippen molar-refractivity contribution in [1.82, 2.24) is 0 Å². The number of nitrogens with two attached hydrogens (primary N) is 1. The molecule has 12 heavy (non-hydrogen) atoms. The van der Waals surface area contributed by atoms with E-state index < -0.39 is 5.54 Å². The lowest BCUT2D eigenvalue weighted by atomic mass is 9.84. The zero-order chi connectivity index (χ0) is 9.57. The van der Waals surface area contributed by atoms with Crippen LogP contribution in [0.3, 0.4) is 0 Å². The molecule has 1 rings (SSSR count). The maximum absolute atomic E-state index is 11.8. The van der Waals surface area contributed by atoms with Gasteiger partial charge in [0, 0.05) is 5.41 Å². The number of rotatable bonds is 2. The van der Waals surface area contributed by atoms with E-state index in [0.717, 1.165) is 12.8 Å². The van der Waals surface area contributed by atoms with Crippen molar-refractivity contribution in [2.75, 3.05) is 0 Å². The van der Waals surface area contributed by atoms with Crippen LogP contribution in [-0.4, -0.2) is 11.3 Å². The van der Waals surface area contributed by atoms with Gasteiger partial charge in [0.2, 0.25) is 0 Å². The minimum Gasteiger partial charge on any atom is -0.319 e. The predicted octanol–water partition coefficient (Wildman–Crippen LogP) is 1.73. The van der Waals surface area contributed by atoms with Gasteiger partial charge in [-0.25, -0.2) is 0 Å². The molecule has 0 heterocycles. The lowest BCUT2D eigenvalue weighted by Gasteiger charge is -2.22. The summed E-state index contributed by atoms with van der Waals surface area (Å²) in [5.41, 5.74) is 5.22. The highest BCUT2D eigenvalue weighted by atomic mass is 16.1. The summed E-state index contributed by atoms with van der Waals surface area (Å²) < 4.78 is 0. The van der Waals surface area contributed by atoms with E-state index in [1.807, 2.05) is 20.8 Å². The van der Waals surface area contributed by atoms with E-state index in [2.05, 4.69) is 6.92 Å². The predicted molar refractivity (Wildman–Crippen MR) is 49.8 cm³/mol. The van der Waals surface area contributed by atoms with Crippen LogP contribution < -0.4 is 5.73 Å². The van der Waals surface area contributed by atoms with Crippen molar-refractivity contribution in [3.8, 4) is 0 Å². The van der Waals surface area contributed by atoms with Crippen LogP contribution in [0.4, 0.5) is 0 Å². The van der Waals surface area contributed by atoms with Crippen molar-refractivity contribution < 1.29 is 4.79 Å². The molecule has 2 atom stereocenters. The van der Waals surface area contributed by atoms with E-state index in [0.29, 0.717) is 5.92 Å². The van der Waals surface area contributed by atoms with Crippen LogP contribution in [-0.2, 0) is 4.79 Å². The van der Waals surface area contributed by atoms with Gasteiger partial charge in [-0.05, 0) is 12.3 Å².